The highest BCUT2D eigenvalue weighted by Gasteiger charge is 2.21. The van der Waals surface area contributed by atoms with Gasteiger partial charge in [-0.1, -0.05) is 12.1 Å². The minimum atomic E-state index is -0.381. The van der Waals surface area contributed by atoms with Gasteiger partial charge in [-0.05, 0) is 6.07 Å². The van der Waals surface area contributed by atoms with E-state index in [0.29, 0.717) is 5.56 Å². The van der Waals surface area contributed by atoms with Crippen molar-refractivity contribution in [3.8, 4) is 5.75 Å². The van der Waals surface area contributed by atoms with Crippen LogP contribution in [0.15, 0.2) is 30.9 Å². The van der Waals surface area contributed by atoms with Crippen molar-refractivity contribution >= 4 is 12.4 Å². The molecule has 1 heterocycles. The van der Waals surface area contributed by atoms with Crippen molar-refractivity contribution in [3.63, 3.8) is 0 Å². The molecule has 0 amide bonds. The van der Waals surface area contributed by atoms with Gasteiger partial charge in [-0.2, -0.15) is 0 Å². The zero-order valence-corrected chi connectivity index (χ0v) is 10.9. The Balaban J connectivity index is 0.00000162. The molecular weight excluding hydrogens is 255 g/mol. The average molecular weight is 273 g/mol. The Bertz CT molecular complexity index is 408. The maximum atomic E-state index is 13.8. The number of benzene rings is 1. The zero-order chi connectivity index (χ0) is 12.3. The van der Waals surface area contributed by atoms with Crippen LogP contribution in [0.25, 0.3) is 0 Å². The first-order valence-corrected chi connectivity index (χ1v) is 5.78. The van der Waals surface area contributed by atoms with E-state index in [1.807, 2.05) is 0 Å². The molecule has 0 aromatic heterocycles. The molecule has 1 aromatic carbocycles. The molecule has 0 unspecified atom stereocenters. The van der Waals surface area contributed by atoms with Crippen molar-refractivity contribution in [2.24, 2.45) is 0 Å². The minimum Gasteiger partial charge on any atom is -0.508 e. The molecular formula is C13H18ClFN2O. The third-order valence-corrected chi connectivity index (χ3v) is 3.07. The van der Waals surface area contributed by atoms with Gasteiger partial charge in [0.25, 0.3) is 0 Å². The molecule has 18 heavy (non-hydrogen) atoms. The summed E-state index contributed by atoms with van der Waals surface area (Å²) in [5.41, 5.74) is 0.569. The number of hydrogen-bond acceptors (Lipinski definition) is 3. The Morgan fingerprint density at radius 1 is 1.39 bits per heavy atom. The fourth-order valence-electron chi connectivity index (χ4n) is 2.19. The van der Waals surface area contributed by atoms with Crippen LogP contribution in [0.1, 0.15) is 11.6 Å². The first kappa shape index (κ1) is 15.0. The van der Waals surface area contributed by atoms with Gasteiger partial charge in [-0.3, -0.25) is 4.90 Å². The zero-order valence-electron chi connectivity index (χ0n) is 10.1. The van der Waals surface area contributed by atoms with E-state index in [4.69, 9.17) is 0 Å². The molecule has 5 heteroatoms. The summed E-state index contributed by atoms with van der Waals surface area (Å²) in [5.74, 6) is -0.428. The second-order valence-corrected chi connectivity index (χ2v) is 4.17. The number of phenolic OH excluding ortho intramolecular Hbond substituents is 1. The summed E-state index contributed by atoms with van der Waals surface area (Å²) in [6.07, 6.45) is 1.75. The number of nitrogens with one attached hydrogen (secondary N) is 1. The number of aromatic hydroxyl groups is 1. The number of phenols is 1. The standard InChI is InChI=1S/C13H17FN2O.ClH/c1-2-13(16-7-5-15-6-8-16)11-4-3-10(17)9-12(11)14;/h2-4,9,13,15,17H,1,5-8H2;1H/t13-;/m0./s1. The Kier molecular flexibility index (Phi) is 5.59. The van der Waals surface area contributed by atoms with Crippen LogP contribution in [-0.4, -0.2) is 36.2 Å². The molecule has 0 radical (unpaired) electrons. The van der Waals surface area contributed by atoms with Crippen molar-refractivity contribution in [2.75, 3.05) is 26.2 Å². The third kappa shape index (κ3) is 3.22. The molecule has 0 spiro atoms. The average Bonchev–Trinajstić information content (AvgIpc) is 2.34. The molecule has 3 nitrogen and oxygen atoms in total. The highest BCUT2D eigenvalue weighted by Crippen LogP contribution is 2.26. The third-order valence-electron chi connectivity index (χ3n) is 3.07. The van der Waals surface area contributed by atoms with Gasteiger partial charge < -0.3 is 10.4 Å². The van der Waals surface area contributed by atoms with Crippen LogP contribution < -0.4 is 5.32 Å². The quantitative estimate of drug-likeness (QED) is 0.827. The van der Waals surface area contributed by atoms with Gasteiger partial charge in [0, 0.05) is 37.8 Å². The molecule has 1 aliphatic heterocycles. The Labute approximate surface area is 113 Å². The lowest BCUT2D eigenvalue weighted by Gasteiger charge is -2.33. The number of nitrogens with zero attached hydrogens (tertiary/aromatic N) is 1. The molecule has 100 valence electrons. The smallest absolute Gasteiger partial charge is 0.131 e. The van der Waals surface area contributed by atoms with E-state index < -0.39 is 0 Å². The summed E-state index contributed by atoms with van der Waals surface area (Å²) in [4.78, 5) is 2.18. The fraction of sp³-hybridized carbons (Fsp3) is 0.385. The van der Waals surface area contributed by atoms with Crippen molar-refractivity contribution in [3.05, 3.63) is 42.2 Å². The summed E-state index contributed by atoms with van der Waals surface area (Å²) in [5, 5.41) is 12.5. The van der Waals surface area contributed by atoms with Crippen molar-refractivity contribution in [2.45, 2.75) is 6.04 Å². The summed E-state index contributed by atoms with van der Waals surface area (Å²) in [7, 11) is 0. The molecule has 1 saturated heterocycles. The molecule has 1 aliphatic rings. The van der Waals surface area contributed by atoms with Crippen molar-refractivity contribution < 1.29 is 9.50 Å². The van der Waals surface area contributed by atoms with Crippen LogP contribution in [0.2, 0.25) is 0 Å². The summed E-state index contributed by atoms with van der Waals surface area (Å²) in [6.45, 7) is 7.34. The second-order valence-electron chi connectivity index (χ2n) is 4.17. The van der Waals surface area contributed by atoms with Crippen LogP contribution in [-0.2, 0) is 0 Å². The predicted molar refractivity (Wildman–Crippen MR) is 72.7 cm³/mol. The van der Waals surface area contributed by atoms with E-state index in [2.05, 4.69) is 16.8 Å². The Morgan fingerprint density at radius 2 is 2.06 bits per heavy atom. The van der Waals surface area contributed by atoms with Crippen LogP contribution in [0, 0.1) is 5.82 Å². The van der Waals surface area contributed by atoms with Crippen LogP contribution in [0.4, 0.5) is 4.39 Å². The minimum absolute atomic E-state index is 0. The van der Waals surface area contributed by atoms with Gasteiger partial charge in [-0.15, -0.1) is 19.0 Å². The van der Waals surface area contributed by atoms with Gasteiger partial charge in [-0.25, -0.2) is 4.39 Å². The van der Waals surface area contributed by atoms with E-state index >= 15 is 0 Å². The first-order valence-electron chi connectivity index (χ1n) is 5.78. The molecule has 1 fully saturated rings. The Hall–Kier alpha value is -1.10. The highest BCUT2D eigenvalue weighted by molar-refractivity contribution is 5.85. The van der Waals surface area contributed by atoms with Crippen LogP contribution in [0.5, 0.6) is 5.75 Å². The normalized spacial score (nSPS) is 17.8. The number of rotatable bonds is 3. The lowest BCUT2D eigenvalue weighted by molar-refractivity contribution is 0.200. The topological polar surface area (TPSA) is 35.5 Å². The van der Waals surface area contributed by atoms with Gasteiger partial charge in [0.1, 0.15) is 11.6 Å². The lowest BCUT2D eigenvalue weighted by atomic mass is 10.0. The molecule has 2 N–H and O–H groups in total. The van der Waals surface area contributed by atoms with E-state index in [9.17, 15) is 9.50 Å². The summed E-state index contributed by atoms with van der Waals surface area (Å²) < 4.78 is 13.8. The number of halogens is 2. The van der Waals surface area contributed by atoms with Crippen molar-refractivity contribution in [1.29, 1.82) is 0 Å². The number of hydrogen-bond donors (Lipinski definition) is 2. The lowest BCUT2D eigenvalue weighted by Crippen LogP contribution is -2.44. The number of piperazine rings is 1. The fourth-order valence-corrected chi connectivity index (χ4v) is 2.19. The summed E-state index contributed by atoms with van der Waals surface area (Å²) >= 11 is 0. The van der Waals surface area contributed by atoms with Crippen LogP contribution >= 0.6 is 12.4 Å². The Morgan fingerprint density at radius 3 is 2.61 bits per heavy atom. The molecule has 2 rings (SSSR count). The van der Waals surface area contributed by atoms with E-state index in [-0.39, 0.29) is 30.0 Å². The SMILES string of the molecule is C=C[C@@H](c1ccc(O)cc1F)N1CCNCC1.Cl. The first-order chi connectivity index (χ1) is 8.22. The molecule has 0 aliphatic carbocycles. The maximum Gasteiger partial charge on any atom is 0.131 e. The van der Waals surface area contributed by atoms with Crippen molar-refractivity contribution in [1.82, 2.24) is 10.2 Å². The highest BCUT2D eigenvalue weighted by atomic mass is 35.5. The molecule has 1 aromatic rings. The van der Waals surface area contributed by atoms with Gasteiger partial charge in [0.2, 0.25) is 0 Å². The monoisotopic (exact) mass is 272 g/mol. The molecule has 1 atom stereocenters. The van der Waals surface area contributed by atoms with Crippen LogP contribution in [0.3, 0.4) is 0 Å². The van der Waals surface area contributed by atoms with Gasteiger partial charge >= 0.3 is 0 Å². The molecule has 0 saturated carbocycles. The van der Waals surface area contributed by atoms with E-state index in [0.717, 1.165) is 32.2 Å². The van der Waals surface area contributed by atoms with Gasteiger partial charge in [0.15, 0.2) is 0 Å². The van der Waals surface area contributed by atoms with E-state index in [1.165, 1.54) is 6.07 Å². The predicted octanol–water partition coefficient (Wildman–Crippen LogP) is 2.09. The maximum absolute atomic E-state index is 13.8. The van der Waals surface area contributed by atoms with E-state index in [1.54, 1.807) is 12.1 Å². The van der Waals surface area contributed by atoms with Gasteiger partial charge in [0.05, 0.1) is 6.04 Å². The largest absolute Gasteiger partial charge is 0.508 e. The molecule has 0 bridgehead atoms. The second kappa shape index (κ2) is 6.73. The summed E-state index contributed by atoms with van der Waals surface area (Å²) in [6, 6.07) is 4.15.